The van der Waals surface area contributed by atoms with Crippen LogP contribution in [-0.4, -0.2) is 0 Å². The molecule has 3 aliphatic carbocycles. The molecule has 184 valence electrons. The van der Waals surface area contributed by atoms with Crippen LogP contribution in [0.2, 0.25) is 0 Å². The summed E-state index contributed by atoms with van der Waals surface area (Å²) in [5.41, 5.74) is 5.18. The molecule has 3 aliphatic rings. The maximum absolute atomic E-state index is 14.0. The molecule has 0 unspecified atom stereocenters. The summed E-state index contributed by atoms with van der Waals surface area (Å²) >= 11 is 0. The summed E-state index contributed by atoms with van der Waals surface area (Å²) in [4.78, 5) is 0. The molecule has 0 atom stereocenters. The van der Waals surface area contributed by atoms with E-state index in [1.165, 1.54) is 89.0 Å². The van der Waals surface area contributed by atoms with E-state index < -0.39 is 0 Å². The first-order chi connectivity index (χ1) is 16.6. The zero-order chi connectivity index (χ0) is 23.5. The van der Waals surface area contributed by atoms with Gasteiger partial charge in [-0.25, -0.2) is 4.39 Å². The predicted molar refractivity (Wildman–Crippen MR) is 142 cm³/mol. The molecule has 0 N–H and O–H groups in total. The molecule has 0 nitrogen and oxygen atoms in total. The van der Waals surface area contributed by atoms with Crippen molar-refractivity contribution in [3.8, 4) is 0 Å². The molecule has 3 fully saturated rings. The molecule has 0 aromatic heterocycles. The Labute approximate surface area is 207 Å². The standard InChI is InChI=1S/C33H45F/c1-3-24-5-8-25(9-6-24)26-10-12-27(13-11-26)28-14-16-29(17-15-28)30-18-20-31(21-19-30)32-7-4-23(2)33(34)22-32/h4,7,10-13,22,24-25,28-31H,3,5-6,8-9,14-21H2,1-2H3. The lowest BCUT2D eigenvalue weighted by atomic mass is 9.67. The van der Waals surface area contributed by atoms with Crippen molar-refractivity contribution >= 4 is 0 Å². The van der Waals surface area contributed by atoms with Gasteiger partial charge in [0.05, 0.1) is 0 Å². The summed E-state index contributed by atoms with van der Waals surface area (Å²) in [5.74, 6) is 4.90. The van der Waals surface area contributed by atoms with Crippen LogP contribution in [0.15, 0.2) is 42.5 Å². The van der Waals surface area contributed by atoms with Crippen LogP contribution in [0.3, 0.4) is 0 Å². The topological polar surface area (TPSA) is 0 Å². The van der Waals surface area contributed by atoms with E-state index in [-0.39, 0.29) is 5.82 Å². The van der Waals surface area contributed by atoms with E-state index in [2.05, 4.69) is 37.3 Å². The molecule has 34 heavy (non-hydrogen) atoms. The summed E-state index contributed by atoms with van der Waals surface area (Å²) in [7, 11) is 0. The largest absolute Gasteiger partial charge is 0.207 e. The monoisotopic (exact) mass is 460 g/mol. The Hall–Kier alpha value is -1.63. The van der Waals surface area contributed by atoms with Gasteiger partial charge < -0.3 is 0 Å². The third-order valence-electron chi connectivity index (χ3n) is 10.2. The van der Waals surface area contributed by atoms with Gasteiger partial charge in [-0.2, -0.15) is 0 Å². The Kier molecular flexibility index (Phi) is 7.77. The van der Waals surface area contributed by atoms with Crippen molar-refractivity contribution in [1.82, 2.24) is 0 Å². The molecule has 0 aliphatic heterocycles. The molecule has 0 saturated heterocycles. The predicted octanol–water partition coefficient (Wildman–Crippen LogP) is 10.1. The van der Waals surface area contributed by atoms with E-state index >= 15 is 0 Å². The number of aryl methyl sites for hydroxylation is 1. The molecule has 0 radical (unpaired) electrons. The maximum Gasteiger partial charge on any atom is 0.126 e. The molecule has 2 aromatic carbocycles. The van der Waals surface area contributed by atoms with Gasteiger partial charge in [0.2, 0.25) is 0 Å². The first-order valence-corrected chi connectivity index (χ1v) is 14.5. The van der Waals surface area contributed by atoms with Crippen LogP contribution in [0.5, 0.6) is 0 Å². The lowest BCUT2D eigenvalue weighted by Gasteiger charge is -2.38. The van der Waals surface area contributed by atoms with Gasteiger partial charge in [-0.15, -0.1) is 0 Å². The molecule has 1 heteroatoms. The second kappa shape index (κ2) is 11.0. The first-order valence-electron chi connectivity index (χ1n) is 14.5. The molecule has 0 spiro atoms. The highest BCUT2D eigenvalue weighted by atomic mass is 19.1. The van der Waals surface area contributed by atoms with Crippen LogP contribution in [-0.2, 0) is 0 Å². The van der Waals surface area contributed by atoms with E-state index in [1.807, 2.05) is 13.0 Å². The average Bonchev–Trinajstić information content (AvgIpc) is 2.91. The summed E-state index contributed by atoms with van der Waals surface area (Å²) < 4.78 is 14.0. The minimum atomic E-state index is -0.0325. The number of hydrogen-bond acceptors (Lipinski definition) is 0. The first kappa shape index (κ1) is 24.1. The Morgan fingerprint density at radius 2 is 1.00 bits per heavy atom. The van der Waals surface area contributed by atoms with Crippen molar-refractivity contribution in [2.45, 2.75) is 115 Å². The quantitative estimate of drug-likeness (QED) is 0.416. The van der Waals surface area contributed by atoms with Gasteiger partial charge in [0, 0.05) is 0 Å². The highest BCUT2D eigenvalue weighted by Crippen LogP contribution is 2.46. The Morgan fingerprint density at radius 1 is 0.588 bits per heavy atom. The van der Waals surface area contributed by atoms with Crippen LogP contribution in [0.4, 0.5) is 4.39 Å². The highest BCUT2D eigenvalue weighted by molar-refractivity contribution is 5.29. The minimum Gasteiger partial charge on any atom is -0.207 e. The summed E-state index contributed by atoms with van der Waals surface area (Å²) in [6.45, 7) is 4.21. The van der Waals surface area contributed by atoms with Crippen LogP contribution in [0.25, 0.3) is 0 Å². The second-order valence-corrected chi connectivity index (χ2v) is 12.0. The zero-order valence-electron chi connectivity index (χ0n) is 21.6. The fourth-order valence-electron chi connectivity index (χ4n) is 7.66. The van der Waals surface area contributed by atoms with E-state index in [9.17, 15) is 4.39 Å². The highest BCUT2D eigenvalue weighted by Gasteiger charge is 2.32. The van der Waals surface area contributed by atoms with Gasteiger partial charge in [0.25, 0.3) is 0 Å². The lowest BCUT2D eigenvalue weighted by molar-refractivity contribution is 0.177. The Bertz CT molecular complexity index is 904. The smallest absolute Gasteiger partial charge is 0.126 e. The van der Waals surface area contributed by atoms with E-state index in [0.717, 1.165) is 35.2 Å². The van der Waals surface area contributed by atoms with Crippen LogP contribution < -0.4 is 0 Å². The van der Waals surface area contributed by atoms with Crippen LogP contribution >= 0.6 is 0 Å². The maximum atomic E-state index is 14.0. The lowest BCUT2D eigenvalue weighted by Crippen LogP contribution is -2.25. The summed E-state index contributed by atoms with van der Waals surface area (Å²) in [6, 6.07) is 15.8. The molecular weight excluding hydrogens is 415 g/mol. The van der Waals surface area contributed by atoms with Crippen molar-refractivity contribution in [3.63, 3.8) is 0 Å². The Morgan fingerprint density at radius 3 is 1.44 bits per heavy atom. The number of benzene rings is 2. The van der Waals surface area contributed by atoms with Gasteiger partial charge in [-0.3, -0.25) is 0 Å². The van der Waals surface area contributed by atoms with Gasteiger partial charge in [-0.05, 0) is 148 Å². The van der Waals surface area contributed by atoms with Crippen molar-refractivity contribution in [2.75, 3.05) is 0 Å². The fraction of sp³-hybridized carbons (Fsp3) is 0.636. The molecular formula is C33H45F. The molecule has 0 amide bonds. The van der Waals surface area contributed by atoms with Crippen LogP contribution in [0.1, 0.15) is 130 Å². The van der Waals surface area contributed by atoms with Crippen molar-refractivity contribution < 1.29 is 4.39 Å². The van der Waals surface area contributed by atoms with Crippen molar-refractivity contribution in [3.05, 3.63) is 70.5 Å². The molecule has 0 heterocycles. The Balaban J connectivity index is 1.09. The van der Waals surface area contributed by atoms with Crippen molar-refractivity contribution in [1.29, 1.82) is 0 Å². The normalized spacial score (nSPS) is 32.4. The van der Waals surface area contributed by atoms with Gasteiger partial charge in [-0.1, -0.05) is 49.7 Å². The number of hydrogen-bond donors (Lipinski definition) is 0. The van der Waals surface area contributed by atoms with Crippen molar-refractivity contribution in [2.24, 2.45) is 17.8 Å². The SMILES string of the molecule is CCC1CCC(c2ccc(C3CCC(C4CCC(c5ccc(C)c(F)c5)CC4)CC3)cc2)CC1. The van der Waals surface area contributed by atoms with Gasteiger partial charge in [0.1, 0.15) is 5.82 Å². The van der Waals surface area contributed by atoms with Crippen LogP contribution in [0, 0.1) is 30.5 Å². The molecule has 2 aromatic rings. The zero-order valence-corrected chi connectivity index (χ0v) is 21.6. The van der Waals surface area contributed by atoms with Gasteiger partial charge in [0.15, 0.2) is 0 Å². The summed E-state index contributed by atoms with van der Waals surface area (Å²) in [6.07, 6.45) is 17.7. The van der Waals surface area contributed by atoms with E-state index in [1.54, 1.807) is 17.2 Å². The summed E-state index contributed by atoms with van der Waals surface area (Å²) in [5, 5.41) is 0. The fourth-order valence-corrected chi connectivity index (χ4v) is 7.66. The number of halogens is 1. The van der Waals surface area contributed by atoms with Gasteiger partial charge >= 0.3 is 0 Å². The third-order valence-corrected chi connectivity index (χ3v) is 10.2. The second-order valence-electron chi connectivity index (χ2n) is 12.0. The van der Waals surface area contributed by atoms with E-state index in [4.69, 9.17) is 0 Å². The minimum absolute atomic E-state index is 0.0325. The number of rotatable bonds is 5. The third kappa shape index (κ3) is 5.44. The molecule has 5 rings (SSSR count). The molecule has 3 saturated carbocycles. The molecule has 0 bridgehead atoms. The van der Waals surface area contributed by atoms with E-state index in [0.29, 0.717) is 5.92 Å². The average molecular weight is 461 g/mol.